The first-order valence-corrected chi connectivity index (χ1v) is 22.9. The number of fused-ring (bicyclic) bond motifs is 3. The van der Waals surface area contributed by atoms with Crippen LogP contribution in [0.3, 0.4) is 0 Å². The first-order valence-electron chi connectivity index (χ1n) is 22.9. The summed E-state index contributed by atoms with van der Waals surface area (Å²) in [5.74, 6) is -6.59. The molecule has 2 bridgehead atoms. The van der Waals surface area contributed by atoms with Gasteiger partial charge in [0.2, 0.25) is 41.4 Å². The summed E-state index contributed by atoms with van der Waals surface area (Å²) in [6.07, 6.45) is 4.10. The van der Waals surface area contributed by atoms with Gasteiger partial charge in [-0.05, 0) is 56.2 Å². The zero-order chi connectivity index (χ0) is 50.3. The molecule has 6 rings (SSSR count). The van der Waals surface area contributed by atoms with Crippen LogP contribution in [-0.2, 0) is 57.6 Å². The minimum atomic E-state index is -1.43. The number of para-hydroxylation sites is 1. The van der Waals surface area contributed by atoms with E-state index in [0.29, 0.717) is 21.7 Å². The molecule has 372 valence electrons. The van der Waals surface area contributed by atoms with Gasteiger partial charge in [0.25, 0.3) is 5.91 Å². The predicted octanol–water partition coefficient (Wildman–Crippen LogP) is -1.91. The standard InChI is InChI=1S/C46H59N15O9/c1-25-39(64)57-36(21-28-23-50-24-54-28)43(68)58-34(19-26-9-3-2-4-10-26)41(66)56-32(14-8-18-52-45(48)49)40(65)59-35(20-27-22-53-30-12-6-5-11-29(27)30)42(67)55-31(38(47)63)13-7-17-51-37(62)16-15-33-44(69)61(25)46(70)60-33/h2-6,9-12,22-25,31-36,53H,7-8,13-21H2,1H3,(H2,47,63)(H,50,54)(H,51,62)(H,55,67)(H,56,66)(H,57,64)(H,58,68)(H,59,65)(H,60,70)(H4,48,49,52)/t25-,31+,32+,33+,34-,35+,36+/m1/s1. The lowest BCUT2D eigenvalue weighted by atomic mass is 10.0. The number of carbonyl (C=O) groups is 9. The molecule has 7 atom stereocenters. The fourth-order valence-electron chi connectivity index (χ4n) is 8.21. The van der Waals surface area contributed by atoms with Crippen LogP contribution in [0.1, 0.15) is 62.3 Å². The lowest BCUT2D eigenvalue weighted by Gasteiger charge is -2.28. The highest BCUT2D eigenvalue weighted by Crippen LogP contribution is 2.20. The molecule has 2 aliphatic rings. The molecule has 0 spiro atoms. The van der Waals surface area contributed by atoms with E-state index in [0.717, 1.165) is 10.9 Å². The molecular weight excluding hydrogens is 907 g/mol. The van der Waals surface area contributed by atoms with E-state index in [1.165, 1.54) is 19.4 Å². The molecule has 15 N–H and O–H groups in total. The number of primary amides is 1. The quantitative estimate of drug-likeness (QED) is 0.0339. The van der Waals surface area contributed by atoms with Gasteiger partial charge in [-0.3, -0.25) is 48.7 Å². The Kier molecular flexibility index (Phi) is 17.6. The summed E-state index contributed by atoms with van der Waals surface area (Å²) in [5.41, 5.74) is 13.7. The van der Waals surface area contributed by atoms with Crippen LogP contribution in [0.15, 0.2) is 73.3 Å². The molecule has 2 aromatic carbocycles. The van der Waals surface area contributed by atoms with Gasteiger partial charge in [0.05, 0.1) is 6.33 Å². The van der Waals surface area contributed by atoms with Crippen LogP contribution in [0.5, 0.6) is 0 Å². The normalized spacial score (nSPS) is 23.8. The second-order valence-electron chi connectivity index (χ2n) is 17.1. The number of rotatable bonds is 11. The Hall–Kier alpha value is -8.31. The van der Waals surface area contributed by atoms with Gasteiger partial charge in [0, 0.05) is 67.8 Å². The third-order valence-electron chi connectivity index (χ3n) is 12.0. The van der Waals surface area contributed by atoms with E-state index < -0.39 is 95.6 Å². The first kappa shape index (κ1) is 51.1. The summed E-state index contributed by atoms with van der Waals surface area (Å²) in [7, 11) is 0. The number of amides is 10. The Labute approximate surface area is 401 Å². The third-order valence-corrected chi connectivity index (χ3v) is 12.0. The number of nitrogens with zero attached hydrogens (tertiary/aromatic N) is 2. The number of H-pyrrole nitrogens is 2. The second kappa shape index (κ2) is 24.1. The molecule has 24 heteroatoms. The topological polar surface area (TPSA) is 373 Å². The molecule has 0 aliphatic carbocycles. The number of aromatic amines is 2. The highest BCUT2D eigenvalue weighted by molar-refractivity contribution is 6.08. The minimum Gasteiger partial charge on any atom is -0.370 e. The number of benzene rings is 2. The van der Waals surface area contributed by atoms with Crippen molar-refractivity contribution in [2.24, 2.45) is 11.5 Å². The summed E-state index contributed by atoms with van der Waals surface area (Å²) < 4.78 is 0. The lowest BCUT2D eigenvalue weighted by molar-refractivity contribution is -0.137. The average molecular weight is 966 g/mol. The summed E-state index contributed by atoms with van der Waals surface area (Å²) in [6.45, 7) is 1.47. The predicted molar refractivity (Wildman–Crippen MR) is 253 cm³/mol. The highest BCUT2D eigenvalue weighted by atomic mass is 16.2. The Bertz CT molecular complexity index is 2550. The maximum absolute atomic E-state index is 14.6. The molecule has 4 heterocycles. The summed E-state index contributed by atoms with van der Waals surface area (Å²) >= 11 is 0. The molecule has 24 nitrogen and oxygen atoms in total. The van der Waals surface area contributed by atoms with Crippen LogP contribution >= 0.6 is 0 Å². The Morgan fingerprint density at radius 2 is 1.40 bits per heavy atom. The van der Waals surface area contributed by atoms with Gasteiger partial charge in [-0.2, -0.15) is 0 Å². The molecule has 2 fully saturated rings. The fraction of sp³-hybridized carbons (Fsp3) is 0.413. The zero-order valence-corrected chi connectivity index (χ0v) is 38.5. The number of carbonyl (C=O) groups excluding carboxylic acids is 9. The van der Waals surface area contributed by atoms with Gasteiger partial charge in [-0.1, -0.05) is 48.5 Å². The van der Waals surface area contributed by atoms with E-state index in [1.54, 1.807) is 36.5 Å². The SMILES string of the molecule is C[C@@H]1C(=O)N[C@@H](Cc2cnc[nH]2)C(=O)N[C@H](Cc2ccccc2)C(=O)N[C@@H](CCCNC(=N)N)C(=O)N[C@@H](Cc2c[nH]c3ccccc23)C(=O)N[C@H](C(N)=O)CCCNC(=O)CC[C@@H]2NC(=O)N1C2=O. The average Bonchev–Trinajstić information content (AvgIpc) is 4.07. The number of aromatic nitrogens is 3. The van der Waals surface area contributed by atoms with Crippen molar-refractivity contribution in [2.45, 2.75) is 107 Å². The van der Waals surface area contributed by atoms with Crippen LogP contribution in [0.2, 0.25) is 0 Å². The molecule has 10 amide bonds. The number of guanidine groups is 1. The number of nitrogens with two attached hydrogens (primary N) is 2. The summed E-state index contributed by atoms with van der Waals surface area (Å²) in [5, 5.41) is 29.7. The summed E-state index contributed by atoms with van der Waals surface area (Å²) in [6, 6.07) is 5.77. The maximum Gasteiger partial charge on any atom is 0.325 e. The zero-order valence-electron chi connectivity index (χ0n) is 38.5. The van der Waals surface area contributed by atoms with Crippen molar-refractivity contribution < 1.29 is 43.2 Å². The van der Waals surface area contributed by atoms with Gasteiger partial charge in [0.1, 0.15) is 42.3 Å². The molecular formula is C46H59N15O9. The van der Waals surface area contributed by atoms with Crippen LogP contribution in [-0.4, -0.2) is 134 Å². The van der Waals surface area contributed by atoms with Gasteiger partial charge in [-0.25, -0.2) is 9.78 Å². The lowest BCUT2D eigenvalue weighted by Crippen LogP contribution is -2.60. The van der Waals surface area contributed by atoms with Crippen LogP contribution in [0.25, 0.3) is 10.9 Å². The Morgan fingerprint density at radius 3 is 2.10 bits per heavy atom. The highest BCUT2D eigenvalue weighted by Gasteiger charge is 2.44. The molecule has 2 aromatic heterocycles. The van der Waals surface area contributed by atoms with Crippen LogP contribution < -0.4 is 54.0 Å². The molecule has 70 heavy (non-hydrogen) atoms. The van der Waals surface area contributed by atoms with E-state index in [9.17, 15) is 43.2 Å². The minimum absolute atomic E-state index is 0.0136. The molecule has 2 aliphatic heterocycles. The molecule has 2 saturated heterocycles. The first-order chi connectivity index (χ1) is 33.6. The van der Waals surface area contributed by atoms with E-state index in [4.69, 9.17) is 16.9 Å². The van der Waals surface area contributed by atoms with Gasteiger partial charge < -0.3 is 64.0 Å². The largest absolute Gasteiger partial charge is 0.370 e. The number of urea groups is 1. The van der Waals surface area contributed by atoms with Gasteiger partial charge in [-0.15, -0.1) is 0 Å². The van der Waals surface area contributed by atoms with Crippen molar-refractivity contribution in [3.8, 4) is 0 Å². The van der Waals surface area contributed by atoms with E-state index in [-0.39, 0.29) is 76.8 Å². The van der Waals surface area contributed by atoms with Crippen LogP contribution in [0.4, 0.5) is 4.79 Å². The number of hydrogen-bond acceptors (Lipinski definition) is 11. The van der Waals surface area contributed by atoms with Crippen molar-refractivity contribution in [1.29, 1.82) is 5.41 Å². The van der Waals surface area contributed by atoms with E-state index in [1.807, 2.05) is 24.3 Å². The maximum atomic E-state index is 14.6. The summed E-state index contributed by atoms with van der Waals surface area (Å²) in [4.78, 5) is 135. The smallest absolute Gasteiger partial charge is 0.325 e. The number of hydrogen-bond donors (Lipinski definition) is 13. The number of nitrogens with one attached hydrogen (secondary N) is 11. The number of imidazole rings is 1. The van der Waals surface area contributed by atoms with Gasteiger partial charge >= 0.3 is 6.03 Å². The van der Waals surface area contributed by atoms with Crippen LogP contribution in [0, 0.1) is 5.41 Å². The van der Waals surface area contributed by atoms with Crippen molar-refractivity contribution in [2.75, 3.05) is 13.1 Å². The molecule has 0 unspecified atom stereocenters. The van der Waals surface area contributed by atoms with E-state index >= 15 is 0 Å². The fourth-order valence-corrected chi connectivity index (χ4v) is 8.21. The third kappa shape index (κ3) is 13.9. The van der Waals surface area contributed by atoms with Crippen molar-refractivity contribution in [3.63, 3.8) is 0 Å². The van der Waals surface area contributed by atoms with E-state index in [2.05, 4.69) is 57.5 Å². The molecule has 0 radical (unpaired) electrons. The van der Waals surface area contributed by atoms with Gasteiger partial charge in [0.15, 0.2) is 5.96 Å². The van der Waals surface area contributed by atoms with Crippen molar-refractivity contribution >= 4 is 70.2 Å². The van der Waals surface area contributed by atoms with Crippen molar-refractivity contribution in [1.82, 2.24) is 62.4 Å². The number of imide groups is 1. The molecule has 4 aromatic rings. The second-order valence-corrected chi connectivity index (χ2v) is 17.1. The Balaban J connectivity index is 1.35. The van der Waals surface area contributed by atoms with Crippen molar-refractivity contribution in [3.05, 3.63) is 90.1 Å². The Morgan fingerprint density at radius 1 is 0.757 bits per heavy atom. The molecule has 0 saturated carbocycles. The monoisotopic (exact) mass is 965 g/mol.